The van der Waals surface area contributed by atoms with Gasteiger partial charge in [-0.1, -0.05) is 0 Å². The van der Waals surface area contributed by atoms with Gasteiger partial charge in [0.15, 0.2) is 0 Å². The highest BCUT2D eigenvalue weighted by Gasteiger charge is 2.31. The fraction of sp³-hybridized carbons (Fsp3) is 0.545. The van der Waals surface area contributed by atoms with Gasteiger partial charge in [-0.25, -0.2) is 4.98 Å². The van der Waals surface area contributed by atoms with Crippen molar-refractivity contribution in [3.05, 3.63) is 16.1 Å². The summed E-state index contributed by atoms with van der Waals surface area (Å²) in [7, 11) is 0. The molecule has 1 aromatic rings. The molecule has 1 aromatic heterocycles. The minimum atomic E-state index is -0.852. The number of carboxylic acids is 1. The number of nitrogens with zero attached hydrogens (tertiary/aromatic N) is 2. The van der Waals surface area contributed by atoms with Gasteiger partial charge >= 0.3 is 5.97 Å². The quantitative estimate of drug-likeness (QED) is 0.888. The van der Waals surface area contributed by atoms with E-state index in [1.165, 1.54) is 11.3 Å². The molecule has 2 heterocycles. The van der Waals surface area contributed by atoms with Crippen molar-refractivity contribution in [3.8, 4) is 0 Å². The van der Waals surface area contributed by atoms with E-state index in [-0.39, 0.29) is 18.4 Å². The molecule has 1 amide bonds. The van der Waals surface area contributed by atoms with Crippen molar-refractivity contribution in [2.75, 3.05) is 6.54 Å². The predicted octanol–water partition coefficient (Wildman–Crippen LogP) is 1.53. The summed E-state index contributed by atoms with van der Waals surface area (Å²) in [5.41, 5.74) is 0. The summed E-state index contributed by atoms with van der Waals surface area (Å²) < 4.78 is 0. The molecule has 0 aliphatic carbocycles. The SMILES string of the molecule is Cc1ncc(C(=O)N2CCCC2CC(=O)O)s1. The fourth-order valence-electron chi connectivity index (χ4n) is 2.12. The number of hydrogen-bond donors (Lipinski definition) is 1. The summed E-state index contributed by atoms with van der Waals surface area (Å²) in [6, 6.07) is -0.164. The third-order valence-corrected chi connectivity index (χ3v) is 3.78. The molecule has 5 nitrogen and oxygen atoms in total. The smallest absolute Gasteiger partial charge is 0.305 e. The Kier molecular flexibility index (Phi) is 3.42. The highest BCUT2D eigenvalue weighted by atomic mass is 32.1. The van der Waals surface area contributed by atoms with Crippen molar-refractivity contribution < 1.29 is 14.7 Å². The van der Waals surface area contributed by atoms with Crippen LogP contribution < -0.4 is 0 Å². The van der Waals surface area contributed by atoms with E-state index in [1.54, 1.807) is 11.1 Å². The van der Waals surface area contributed by atoms with Gasteiger partial charge in [-0.3, -0.25) is 9.59 Å². The lowest BCUT2D eigenvalue weighted by molar-refractivity contribution is -0.137. The van der Waals surface area contributed by atoms with Gasteiger partial charge in [0.1, 0.15) is 4.88 Å². The van der Waals surface area contributed by atoms with Crippen LogP contribution in [0.3, 0.4) is 0 Å². The van der Waals surface area contributed by atoms with Crippen molar-refractivity contribution in [2.24, 2.45) is 0 Å². The monoisotopic (exact) mass is 254 g/mol. The van der Waals surface area contributed by atoms with Crippen LogP contribution in [0.25, 0.3) is 0 Å². The normalized spacial score (nSPS) is 19.6. The number of aryl methyl sites for hydroxylation is 1. The van der Waals surface area contributed by atoms with Crippen molar-refractivity contribution >= 4 is 23.2 Å². The molecular weight excluding hydrogens is 240 g/mol. The van der Waals surface area contributed by atoms with E-state index in [1.807, 2.05) is 6.92 Å². The first-order valence-electron chi connectivity index (χ1n) is 5.53. The Morgan fingerprint density at radius 1 is 1.65 bits per heavy atom. The van der Waals surface area contributed by atoms with Crippen molar-refractivity contribution in [1.82, 2.24) is 9.88 Å². The standard InChI is InChI=1S/C11H14N2O3S/c1-7-12-6-9(17-7)11(16)13-4-2-3-8(13)5-10(14)15/h6,8H,2-5H2,1H3,(H,14,15). The van der Waals surface area contributed by atoms with Crippen LogP contribution in [0.4, 0.5) is 0 Å². The number of thiazole rings is 1. The largest absolute Gasteiger partial charge is 0.481 e. The number of rotatable bonds is 3. The Hall–Kier alpha value is -1.43. The number of aliphatic carboxylic acids is 1. The van der Waals surface area contributed by atoms with E-state index in [0.29, 0.717) is 11.4 Å². The van der Waals surface area contributed by atoms with E-state index in [4.69, 9.17) is 5.11 Å². The lowest BCUT2D eigenvalue weighted by atomic mass is 10.1. The molecule has 0 saturated carbocycles. The Morgan fingerprint density at radius 3 is 3.00 bits per heavy atom. The predicted molar refractivity (Wildman–Crippen MR) is 63.2 cm³/mol. The molecule has 1 fully saturated rings. The van der Waals surface area contributed by atoms with Gasteiger partial charge < -0.3 is 10.0 Å². The second-order valence-electron chi connectivity index (χ2n) is 4.14. The molecule has 2 rings (SSSR count). The average molecular weight is 254 g/mol. The molecule has 17 heavy (non-hydrogen) atoms. The second-order valence-corrected chi connectivity index (χ2v) is 5.37. The van der Waals surface area contributed by atoms with Gasteiger partial charge in [0.2, 0.25) is 0 Å². The first kappa shape index (κ1) is 12.0. The molecule has 1 aliphatic rings. The first-order valence-corrected chi connectivity index (χ1v) is 6.35. The number of hydrogen-bond acceptors (Lipinski definition) is 4. The number of aromatic nitrogens is 1. The molecule has 0 aromatic carbocycles. The summed E-state index contributed by atoms with van der Waals surface area (Å²) in [4.78, 5) is 29.2. The summed E-state index contributed by atoms with van der Waals surface area (Å²) in [5, 5.41) is 9.65. The minimum Gasteiger partial charge on any atom is -0.481 e. The van der Waals surface area contributed by atoms with Gasteiger partial charge in [-0.05, 0) is 19.8 Å². The summed E-state index contributed by atoms with van der Waals surface area (Å²) >= 11 is 1.35. The van der Waals surface area contributed by atoms with Gasteiger partial charge in [-0.15, -0.1) is 11.3 Å². The van der Waals surface area contributed by atoms with E-state index in [2.05, 4.69) is 4.98 Å². The van der Waals surface area contributed by atoms with Gasteiger partial charge in [0.25, 0.3) is 5.91 Å². The van der Waals surface area contributed by atoms with Gasteiger partial charge in [0, 0.05) is 12.6 Å². The molecule has 1 unspecified atom stereocenters. The van der Waals surface area contributed by atoms with Crippen LogP contribution in [0.2, 0.25) is 0 Å². The average Bonchev–Trinajstić information content (AvgIpc) is 2.85. The maximum absolute atomic E-state index is 12.2. The third-order valence-electron chi connectivity index (χ3n) is 2.88. The molecule has 0 bridgehead atoms. The van der Waals surface area contributed by atoms with E-state index >= 15 is 0 Å². The van der Waals surface area contributed by atoms with Crippen LogP contribution in [0.5, 0.6) is 0 Å². The van der Waals surface area contributed by atoms with E-state index in [0.717, 1.165) is 17.8 Å². The highest BCUT2D eigenvalue weighted by molar-refractivity contribution is 7.13. The number of likely N-dealkylation sites (tertiary alicyclic amines) is 1. The van der Waals surface area contributed by atoms with Crippen molar-refractivity contribution in [2.45, 2.75) is 32.2 Å². The number of carbonyl (C=O) groups is 2. The molecule has 0 radical (unpaired) electrons. The van der Waals surface area contributed by atoms with Crippen LogP contribution in [0, 0.1) is 6.92 Å². The highest BCUT2D eigenvalue weighted by Crippen LogP contribution is 2.24. The van der Waals surface area contributed by atoms with Crippen molar-refractivity contribution in [3.63, 3.8) is 0 Å². The molecule has 0 spiro atoms. The molecule has 6 heteroatoms. The molecule has 1 aliphatic heterocycles. The molecule has 1 N–H and O–H groups in total. The van der Waals surface area contributed by atoms with Gasteiger partial charge in [-0.2, -0.15) is 0 Å². The van der Waals surface area contributed by atoms with Crippen LogP contribution in [0.1, 0.15) is 33.9 Å². The Bertz CT molecular complexity index is 444. The van der Waals surface area contributed by atoms with Crippen LogP contribution in [0.15, 0.2) is 6.20 Å². The summed E-state index contributed by atoms with van der Waals surface area (Å²) in [6.45, 7) is 2.49. The Balaban J connectivity index is 2.10. The molecular formula is C11H14N2O3S. The van der Waals surface area contributed by atoms with Crippen LogP contribution >= 0.6 is 11.3 Å². The summed E-state index contributed by atoms with van der Waals surface area (Å²) in [5.74, 6) is -0.936. The Morgan fingerprint density at radius 2 is 2.41 bits per heavy atom. The molecule has 1 saturated heterocycles. The van der Waals surface area contributed by atoms with Gasteiger partial charge in [0.05, 0.1) is 17.6 Å². The van der Waals surface area contributed by atoms with Crippen LogP contribution in [-0.2, 0) is 4.79 Å². The number of amides is 1. The third kappa shape index (κ3) is 2.63. The zero-order valence-corrected chi connectivity index (χ0v) is 10.4. The lowest BCUT2D eigenvalue weighted by Crippen LogP contribution is -2.36. The minimum absolute atomic E-state index is 0.0313. The van der Waals surface area contributed by atoms with E-state index in [9.17, 15) is 9.59 Å². The number of carboxylic acid groups (broad SMARTS) is 1. The van der Waals surface area contributed by atoms with Crippen molar-refractivity contribution in [1.29, 1.82) is 0 Å². The van der Waals surface area contributed by atoms with Crippen LogP contribution in [-0.4, -0.2) is 39.5 Å². The first-order chi connectivity index (χ1) is 8.08. The van der Waals surface area contributed by atoms with E-state index < -0.39 is 5.97 Å². The number of carbonyl (C=O) groups excluding carboxylic acids is 1. The summed E-state index contributed by atoms with van der Waals surface area (Å²) in [6.07, 6.45) is 3.25. The lowest BCUT2D eigenvalue weighted by Gasteiger charge is -2.22. The maximum Gasteiger partial charge on any atom is 0.305 e. The topological polar surface area (TPSA) is 70.5 Å². The molecule has 92 valence electrons. The molecule has 1 atom stereocenters. The fourth-order valence-corrected chi connectivity index (χ4v) is 2.85. The Labute approximate surface area is 103 Å². The zero-order chi connectivity index (χ0) is 12.4. The maximum atomic E-state index is 12.2. The zero-order valence-electron chi connectivity index (χ0n) is 9.55. The second kappa shape index (κ2) is 4.83.